The molecule has 2 aromatic rings. The summed E-state index contributed by atoms with van der Waals surface area (Å²) in [6.07, 6.45) is 0. The fourth-order valence-corrected chi connectivity index (χ4v) is 4.49. The molecule has 0 spiro atoms. The van der Waals surface area contributed by atoms with Crippen molar-refractivity contribution in [3.8, 4) is 5.75 Å². The second kappa shape index (κ2) is 8.60. The molecule has 0 aliphatic rings. The van der Waals surface area contributed by atoms with Gasteiger partial charge in [-0.25, -0.2) is 12.7 Å². The van der Waals surface area contributed by atoms with E-state index in [0.717, 1.165) is 9.87 Å². The lowest BCUT2D eigenvalue weighted by molar-refractivity contribution is 0.0784. The molecule has 0 aliphatic heterocycles. The molecular formula is C18H20BrClN2O4S. The summed E-state index contributed by atoms with van der Waals surface area (Å²) in [5, 5.41) is 0.537. The van der Waals surface area contributed by atoms with E-state index in [4.69, 9.17) is 16.3 Å². The summed E-state index contributed by atoms with van der Waals surface area (Å²) in [7, 11) is 2.36. The van der Waals surface area contributed by atoms with Crippen molar-refractivity contribution in [2.45, 2.75) is 11.4 Å². The zero-order valence-corrected chi connectivity index (χ0v) is 18.5. The van der Waals surface area contributed by atoms with Crippen molar-refractivity contribution < 1.29 is 17.9 Å². The minimum Gasteiger partial charge on any atom is -0.496 e. The number of carbonyl (C=O) groups is 1. The van der Waals surface area contributed by atoms with Gasteiger partial charge in [-0.2, -0.15) is 0 Å². The van der Waals surface area contributed by atoms with Crippen LogP contribution < -0.4 is 4.74 Å². The van der Waals surface area contributed by atoms with E-state index in [1.165, 1.54) is 25.1 Å². The third-order valence-corrected chi connectivity index (χ3v) is 6.98. The molecule has 0 unspecified atom stereocenters. The van der Waals surface area contributed by atoms with Crippen molar-refractivity contribution in [2.75, 3.05) is 28.3 Å². The van der Waals surface area contributed by atoms with E-state index in [1.54, 1.807) is 44.5 Å². The molecule has 0 aliphatic carbocycles. The molecule has 146 valence electrons. The van der Waals surface area contributed by atoms with E-state index < -0.39 is 10.0 Å². The van der Waals surface area contributed by atoms with Gasteiger partial charge in [-0.1, -0.05) is 11.6 Å². The van der Waals surface area contributed by atoms with Crippen molar-refractivity contribution in [2.24, 2.45) is 0 Å². The Morgan fingerprint density at radius 1 is 1.15 bits per heavy atom. The Balaban J connectivity index is 2.34. The number of benzene rings is 2. The summed E-state index contributed by atoms with van der Waals surface area (Å²) in [6.45, 7) is 0.258. The van der Waals surface area contributed by atoms with Gasteiger partial charge in [-0.05, 0) is 52.3 Å². The minimum absolute atomic E-state index is 0.0343. The molecule has 6 nitrogen and oxygen atoms in total. The molecule has 0 bridgehead atoms. The summed E-state index contributed by atoms with van der Waals surface area (Å²) in [5.41, 5.74) is 1.02. The van der Waals surface area contributed by atoms with Crippen molar-refractivity contribution >= 4 is 43.5 Å². The van der Waals surface area contributed by atoms with E-state index >= 15 is 0 Å². The van der Waals surface area contributed by atoms with Crippen LogP contribution in [0.3, 0.4) is 0 Å². The molecule has 1 amide bonds. The average Bonchev–Trinajstić information content (AvgIpc) is 2.61. The molecule has 27 heavy (non-hydrogen) atoms. The van der Waals surface area contributed by atoms with Crippen molar-refractivity contribution in [1.82, 2.24) is 9.21 Å². The number of methoxy groups -OCH3 is 1. The molecule has 0 aromatic heterocycles. The van der Waals surface area contributed by atoms with Crippen LogP contribution >= 0.6 is 27.5 Å². The van der Waals surface area contributed by atoms with Gasteiger partial charge in [0.25, 0.3) is 5.91 Å². The molecule has 2 aromatic carbocycles. The first-order valence-corrected chi connectivity index (χ1v) is 10.5. The highest BCUT2D eigenvalue weighted by molar-refractivity contribution is 9.10. The maximum Gasteiger partial charge on any atom is 0.253 e. The molecule has 0 saturated heterocycles. The van der Waals surface area contributed by atoms with Gasteiger partial charge in [0.15, 0.2) is 0 Å². The van der Waals surface area contributed by atoms with Crippen LogP contribution in [0, 0.1) is 0 Å². The lowest BCUT2D eigenvalue weighted by atomic mass is 10.1. The van der Waals surface area contributed by atoms with Gasteiger partial charge in [0.05, 0.1) is 12.0 Å². The molecular weight excluding hydrogens is 456 g/mol. The molecule has 0 heterocycles. The monoisotopic (exact) mass is 474 g/mol. The fraction of sp³-hybridized carbons (Fsp3) is 0.278. The van der Waals surface area contributed by atoms with Crippen LogP contribution in [-0.2, 0) is 16.6 Å². The fourth-order valence-electron chi connectivity index (χ4n) is 2.45. The summed E-state index contributed by atoms with van der Waals surface area (Å²) in [4.78, 5) is 14.3. The third-order valence-electron chi connectivity index (χ3n) is 3.93. The lowest BCUT2D eigenvalue weighted by Crippen LogP contribution is -2.27. The van der Waals surface area contributed by atoms with Gasteiger partial charge in [0.1, 0.15) is 5.75 Å². The largest absolute Gasteiger partial charge is 0.496 e. The zero-order valence-electron chi connectivity index (χ0n) is 15.4. The van der Waals surface area contributed by atoms with Crippen LogP contribution in [-0.4, -0.2) is 51.8 Å². The molecule has 0 atom stereocenters. The quantitative estimate of drug-likeness (QED) is 0.640. The Labute approximate surface area is 172 Å². The second-order valence-electron chi connectivity index (χ2n) is 6.05. The maximum absolute atomic E-state index is 12.8. The van der Waals surface area contributed by atoms with E-state index in [9.17, 15) is 13.2 Å². The first-order chi connectivity index (χ1) is 12.6. The third kappa shape index (κ3) is 4.82. The number of nitrogens with zero attached hydrogens (tertiary/aromatic N) is 2. The van der Waals surface area contributed by atoms with Gasteiger partial charge < -0.3 is 9.64 Å². The number of hydrogen-bond acceptors (Lipinski definition) is 4. The van der Waals surface area contributed by atoms with Crippen LogP contribution in [0.25, 0.3) is 0 Å². The standard InChI is InChI=1S/C18H20BrClN2O4S/c1-21(2)27(24,25)17-10-12(5-7-15(17)19)18(23)22(3)11-13-9-14(20)6-8-16(13)26-4/h5-10H,11H2,1-4H3. The van der Waals surface area contributed by atoms with Gasteiger partial charge in [0.2, 0.25) is 10.0 Å². The summed E-state index contributed by atoms with van der Waals surface area (Å²) in [5.74, 6) is 0.297. The van der Waals surface area contributed by atoms with Crippen LogP contribution in [0.4, 0.5) is 0 Å². The second-order valence-corrected chi connectivity index (χ2v) is 9.46. The van der Waals surface area contributed by atoms with Crippen molar-refractivity contribution in [1.29, 1.82) is 0 Å². The Kier molecular flexibility index (Phi) is 6.91. The summed E-state index contributed by atoms with van der Waals surface area (Å²) >= 11 is 9.28. The Morgan fingerprint density at radius 2 is 1.81 bits per heavy atom. The van der Waals surface area contributed by atoms with E-state index in [0.29, 0.717) is 15.2 Å². The number of carbonyl (C=O) groups excluding carboxylic acids is 1. The predicted octanol–water partition coefficient (Wildman–Crippen LogP) is 3.63. The van der Waals surface area contributed by atoms with Crippen LogP contribution in [0.2, 0.25) is 5.02 Å². The topological polar surface area (TPSA) is 66.9 Å². The Hall–Kier alpha value is -1.61. The maximum atomic E-state index is 12.8. The van der Waals surface area contributed by atoms with Crippen LogP contribution in [0.15, 0.2) is 45.8 Å². The first kappa shape index (κ1) is 21.7. The number of halogens is 2. The van der Waals surface area contributed by atoms with Crippen molar-refractivity contribution in [3.63, 3.8) is 0 Å². The predicted molar refractivity (Wildman–Crippen MR) is 109 cm³/mol. The number of rotatable bonds is 6. The Morgan fingerprint density at radius 3 is 2.41 bits per heavy atom. The smallest absolute Gasteiger partial charge is 0.253 e. The van der Waals surface area contributed by atoms with Gasteiger partial charge in [-0.15, -0.1) is 0 Å². The Bertz CT molecular complexity index is 964. The van der Waals surface area contributed by atoms with Crippen LogP contribution in [0.1, 0.15) is 15.9 Å². The molecule has 0 fully saturated rings. The first-order valence-electron chi connectivity index (χ1n) is 7.88. The SMILES string of the molecule is COc1ccc(Cl)cc1CN(C)C(=O)c1ccc(Br)c(S(=O)(=O)N(C)C)c1. The highest BCUT2D eigenvalue weighted by atomic mass is 79.9. The minimum atomic E-state index is -3.69. The zero-order chi connectivity index (χ0) is 20.4. The summed E-state index contributed by atoms with van der Waals surface area (Å²) < 4.78 is 31.7. The number of ether oxygens (including phenoxy) is 1. The van der Waals surface area contributed by atoms with E-state index in [-0.39, 0.29) is 22.9 Å². The highest BCUT2D eigenvalue weighted by Gasteiger charge is 2.23. The van der Waals surface area contributed by atoms with Crippen molar-refractivity contribution in [3.05, 3.63) is 57.0 Å². The number of sulfonamides is 1. The van der Waals surface area contributed by atoms with Crippen LogP contribution in [0.5, 0.6) is 5.75 Å². The lowest BCUT2D eigenvalue weighted by Gasteiger charge is -2.20. The molecule has 0 saturated carbocycles. The molecule has 9 heteroatoms. The van der Waals surface area contributed by atoms with Gasteiger partial charge in [-0.3, -0.25) is 4.79 Å². The summed E-state index contributed by atoms with van der Waals surface area (Å²) in [6, 6.07) is 9.67. The van der Waals surface area contributed by atoms with E-state index in [1.807, 2.05) is 0 Å². The normalized spacial score (nSPS) is 11.5. The molecule has 0 radical (unpaired) electrons. The van der Waals surface area contributed by atoms with Gasteiger partial charge >= 0.3 is 0 Å². The highest BCUT2D eigenvalue weighted by Crippen LogP contribution is 2.27. The molecule has 0 N–H and O–H groups in total. The number of hydrogen-bond donors (Lipinski definition) is 0. The average molecular weight is 476 g/mol. The van der Waals surface area contributed by atoms with E-state index in [2.05, 4.69) is 15.9 Å². The number of amides is 1. The molecule has 2 rings (SSSR count). The van der Waals surface area contributed by atoms with Gasteiger partial charge in [0, 0.05) is 48.3 Å².